The average molecular weight is 357 g/mol. The number of likely N-dealkylation sites (N-methyl/N-ethyl adjacent to an activating group) is 1. The van der Waals surface area contributed by atoms with Gasteiger partial charge in [0.15, 0.2) is 0 Å². The van der Waals surface area contributed by atoms with Gasteiger partial charge in [0.05, 0.1) is 20.3 Å². The van der Waals surface area contributed by atoms with E-state index in [0.29, 0.717) is 31.1 Å². The van der Waals surface area contributed by atoms with Crippen LogP contribution in [0.3, 0.4) is 0 Å². The number of hydrogen-bond acceptors (Lipinski definition) is 7. The second-order valence-corrected chi connectivity index (χ2v) is 4.86. The van der Waals surface area contributed by atoms with Crippen LogP contribution in [0.15, 0.2) is 24.3 Å². The molecule has 0 aromatic heterocycles. The maximum absolute atomic E-state index is 11.5. The lowest BCUT2D eigenvalue weighted by Gasteiger charge is -2.12. The van der Waals surface area contributed by atoms with E-state index >= 15 is 0 Å². The molecule has 0 aliphatic heterocycles. The molecule has 1 aromatic carbocycles. The molecule has 25 heavy (non-hydrogen) atoms. The molecule has 0 saturated carbocycles. The monoisotopic (exact) mass is 357 g/mol. The average Bonchev–Trinajstić information content (AvgIpc) is 2.57. The topological polar surface area (TPSA) is 123 Å². The Balaban J connectivity index is 0.000000823. The third kappa shape index (κ3) is 10.7. The zero-order valence-electron chi connectivity index (χ0n) is 14.4. The van der Waals surface area contributed by atoms with Gasteiger partial charge < -0.3 is 29.3 Å². The first-order chi connectivity index (χ1) is 11.8. The first-order valence-corrected chi connectivity index (χ1v) is 7.28. The molecule has 0 aliphatic carbocycles. The van der Waals surface area contributed by atoms with Crippen LogP contribution in [0, 0.1) is 0 Å². The number of ether oxygens (including phenoxy) is 3. The van der Waals surface area contributed by atoms with Gasteiger partial charge in [-0.2, -0.15) is 0 Å². The molecule has 0 bridgehead atoms. The number of hydrogen-bond donors (Lipinski definition) is 2. The van der Waals surface area contributed by atoms with Gasteiger partial charge in [-0.3, -0.25) is 0 Å². The summed E-state index contributed by atoms with van der Waals surface area (Å²) in [4.78, 5) is 31.8. The molecule has 0 unspecified atom stereocenters. The van der Waals surface area contributed by atoms with Gasteiger partial charge in [-0.05, 0) is 26.2 Å². The Hall–Kier alpha value is -2.65. The SMILES string of the molecule is COC(=O)c1ccccc1OCCOCCN(C)C.O=C(O)C(=O)O. The van der Waals surface area contributed by atoms with Crippen molar-refractivity contribution >= 4 is 17.9 Å². The van der Waals surface area contributed by atoms with Crippen molar-refractivity contribution in [1.29, 1.82) is 0 Å². The number of carbonyl (C=O) groups excluding carboxylic acids is 1. The number of carboxylic acids is 2. The minimum Gasteiger partial charge on any atom is -0.490 e. The Kier molecular flexibility index (Phi) is 11.4. The second kappa shape index (κ2) is 12.7. The highest BCUT2D eigenvalue weighted by molar-refractivity contribution is 6.27. The van der Waals surface area contributed by atoms with Crippen molar-refractivity contribution in [2.45, 2.75) is 0 Å². The van der Waals surface area contributed by atoms with E-state index in [2.05, 4.69) is 0 Å². The van der Waals surface area contributed by atoms with E-state index in [1.165, 1.54) is 7.11 Å². The van der Waals surface area contributed by atoms with Gasteiger partial charge >= 0.3 is 17.9 Å². The van der Waals surface area contributed by atoms with Crippen molar-refractivity contribution in [2.24, 2.45) is 0 Å². The summed E-state index contributed by atoms with van der Waals surface area (Å²) in [6.07, 6.45) is 0. The number of para-hydroxylation sites is 1. The summed E-state index contributed by atoms with van der Waals surface area (Å²) in [5, 5.41) is 14.8. The van der Waals surface area contributed by atoms with E-state index in [1.54, 1.807) is 18.2 Å². The lowest BCUT2D eigenvalue weighted by atomic mass is 10.2. The largest absolute Gasteiger partial charge is 0.490 e. The summed E-state index contributed by atoms with van der Waals surface area (Å²) in [5.74, 6) is -3.53. The minimum absolute atomic E-state index is 0.399. The van der Waals surface area contributed by atoms with E-state index in [4.69, 9.17) is 34.0 Å². The molecule has 0 heterocycles. The summed E-state index contributed by atoms with van der Waals surface area (Å²) in [7, 11) is 5.34. The van der Waals surface area contributed by atoms with E-state index in [9.17, 15) is 4.79 Å². The standard InChI is InChI=1S/C14H21NO4.C2H2O4/c1-15(2)8-9-18-10-11-19-13-7-5-4-6-12(13)14(16)17-3;3-1(4)2(5)6/h4-7H,8-11H2,1-3H3;(H,3,4)(H,5,6). The van der Waals surface area contributed by atoms with Crippen LogP contribution in [-0.2, 0) is 19.1 Å². The zero-order valence-corrected chi connectivity index (χ0v) is 14.4. The Morgan fingerprint density at radius 2 is 1.60 bits per heavy atom. The van der Waals surface area contributed by atoms with Crippen LogP contribution < -0.4 is 4.74 Å². The molecule has 0 amide bonds. The van der Waals surface area contributed by atoms with Gasteiger partial charge in [0.25, 0.3) is 0 Å². The molecule has 140 valence electrons. The van der Waals surface area contributed by atoms with E-state index in [1.807, 2.05) is 25.1 Å². The molecule has 2 N–H and O–H groups in total. The van der Waals surface area contributed by atoms with Crippen LogP contribution in [0.1, 0.15) is 10.4 Å². The second-order valence-electron chi connectivity index (χ2n) is 4.86. The van der Waals surface area contributed by atoms with E-state index in [0.717, 1.165) is 6.54 Å². The number of carbonyl (C=O) groups is 3. The van der Waals surface area contributed by atoms with Gasteiger partial charge in [-0.1, -0.05) is 12.1 Å². The fraction of sp³-hybridized carbons (Fsp3) is 0.438. The molecule has 0 atom stereocenters. The molecular formula is C16H23NO8. The van der Waals surface area contributed by atoms with Crippen molar-refractivity contribution in [3.05, 3.63) is 29.8 Å². The Morgan fingerprint density at radius 3 is 2.12 bits per heavy atom. The fourth-order valence-electron chi connectivity index (χ4n) is 1.43. The molecule has 1 rings (SSSR count). The number of carboxylic acid groups (broad SMARTS) is 2. The number of nitrogens with zero attached hydrogens (tertiary/aromatic N) is 1. The first-order valence-electron chi connectivity index (χ1n) is 7.28. The molecule has 0 fully saturated rings. The minimum atomic E-state index is -1.82. The molecule has 0 aliphatic rings. The van der Waals surface area contributed by atoms with Gasteiger partial charge in [0.1, 0.15) is 17.9 Å². The third-order valence-electron chi connectivity index (χ3n) is 2.64. The fourth-order valence-corrected chi connectivity index (χ4v) is 1.43. The van der Waals surface area contributed by atoms with Crippen LogP contribution >= 0.6 is 0 Å². The van der Waals surface area contributed by atoms with Crippen molar-refractivity contribution in [3.8, 4) is 5.75 Å². The smallest absolute Gasteiger partial charge is 0.414 e. The van der Waals surface area contributed by atoms with Crippen molar-refractivity contribution in [1.82, 2.24) is 4.90 Å². The molecular weight excluding hydrogens is 334 g/mol. The van der Waals surface area contributed by atoms with Crippen molar-refractivity contribution in [2.75, 3.05) is 47.6 Å². The van der Waals surface area contributed by atoms with Crippen LogP contribution in [-0.4, -0.2) is 80.6 Å². The Morgan fingerprint density at radius 1 is 1.00 bits per heavy atom. The molecule has 0 radical (unpaired) electrons. The number of methoxy groups -OCH3 is 1. The Bertz CT molecular complexity index is 547. The highest BCUT2D eigenvalue weighted by Crippen LogP contribution is 2.18. The summed E-state index contributed by atoms with van der Waals surface area (Å²) in [6, 6.07) is 7.00. The number of rotatable bonds is 8. The van der Waals surface area contributed by atoms with Crippen molar-refractivity contribution < 1.29 is 38.8 Å². The third-order valence-corrected chi connectivity index (χ3v) is 2.64. The van der Waals surface area contributed by atoms with Gasteiger partial charge in [0, 0.05) is 6.54 Å². The summed E-state index contributed by atoms with van der Waals surface area (Å²) in [6.45, 7) is 2.43. The summed E-state index contributed by atoms with van der Waals surface area (Å²) < 4.78 is 15.6. The molecule has 9 heteroatoms. The predicted molar refractivity (Wildman–Crippen MR) is 87.9 cm³/mol. The van der Waals surface area contributed by atoms with Crippen LogP contribution in [0.4, 0.5) is 0 Å². The maximum atomic E-state index is 11.5. The van der Waals surface area contributed by atoms with Crippen LogP contribution in [0.2, 0.25) is 0 Å². The normalized spacial score (nSPS) is 9.76. The number of aliphatic carboxylic acids is 2. The summed E-state index contributed by atoms with van der Waals surface area (Å²) >= 11 is 0. The lowest BCUT2D eigenvalue weighted by Crippen LogP contribution is -2.19. The number of benzene rings is 1. The molecule has 0 spiro atoms. The lowest BCUT2D eigenvalue weighted by molar-refractivity contribution is -0.159. The quantitative estimate of drug-likeness (QED) is 0.391. The summed E-state index contributed by atoms with van der Waals surface area (Å²) in [5.41, 5.74) is 0.429. The molecule has 1 aromatic rings. The maximum Gasteiger partial charge on any atom is 0.414 e. The van der Waals surface area contributed by atoms with Gasteiger partial charge in [-0.15, -0.1) is 0 Å². The Labute approximate surface area is 145 Å². The zero-order chi connectivity index (χ0) is 19.2. The first kappa shape index (κ1) is 22.4. The van der Waals surface area contributed by atoms with Crippen LogP contribution in [0.25, 0.3) is 0 Å². The highest BCUT2D eigenvalue weighted by atomic mass is 16.5. The van der Waals surface area contributed by atoms with E-state index in [-0.39, 0.29) is 0 Å². The van der Waals surface area contributed by atoms with Crippen molar-refractivity contribution in [3.63, 3.8) is 0 Å². The number of esters is 1. The van der Waals surface area contributed by atoms with E-state index < -0.39 is 17.9 Å². The highest BCUT2D eigenvalue weighted by Gasteiger charge is 2.11. The predicted octanol–water partition coefficient (Wildman–Crippen LogP) is 0.586. The molecule has 9 nitrogen and oxygen atoms in total. The van der Waals surface area contributed by atoms with Gasteiger partial charge in [0.2, 0.25) is 0 Å². The molecule has 0 saturated heterocycles. The van der Waals surface area contributed by atoms with Crippen LogP contribution in [0.5, 0.6) is 5.75 Å². The van der Waals surface area contributed by atoms with Gasteiger partial charge in [-0.25, -0.2) is 14.4 Å².